The fraction of sp³-hybridized carbons (Fsp3) is 0.222. The molecule has 0 aromatic heterocycles. The zero-order chi connectivity index (χ0) is 24.9. The van der Waals surface area contributed by atoms with Crippen molar-refractivity contribution in [3.63, 3.8) is 0 Å². The molecule has 3 aromatic carbocycles. The lowest BCUT2D eigenvalue weighted by molar-refractivity contribution is -0.128. The van der Waals surface area contributed by atoms with E-state index in [2.05, 4.69) is 5.32 Å². The number of hydrogen-bond acceptors (Lipinski definition) is 7. The number of carbonyl (C=O) groups excluding carboxylic acids is 2. The normalized spacial score (nSPS) is 17.5. The highest BCUT2D eigenvalue weighted by molar-refractivity contribution is 8.15. The molecule has 1 N–H and O–H groups in total. The van der Waals surface area contributed by atoms with Gasteiger partial charge in [0.05, 0.1) is 18.8 Å². The highest BCUT2D eigenvalue weighted by atomic mass is 32.2. The van der Waals surface area contributed by atoms with Crippen LogP contribution in [-0.2, 0) is 16.1 Å². The van der Waals surface area contributed by atoms with Gasteiger partial charge in [0, 0.05) is 12.1 Å². The van der Waals surface area contributed by atoms with Crippen LogP contribution < -0.4 is 19.5 Å². The Morgan fingerprint density at radius 2 is 1.86 bits per heavy atom. The van der Waals surface area contributed by atoms with Crippen LogP contribution in [-0.4, -0.2) is 40.5 Å². The lowest BCUT2D eigenvalue weighted by Crippen LogP contribution is -2.33. The molecule has 0 radical (unpaired) electrons. The highest BCUT2D eigenvalue weighted by Crippen LogP contribution is 2.36. The van der Waals surface area contributed by atoms with Crippen LogP contribution in [0.15, 0.2) is 77.8 Å². The molecule has 36 heavy (non-hydrogen) atoms. The number of amides is 2. The Bertz CT molecular complexity index is 1280. The molecule has 2 aliphatic rings. The monoisotopic (exact) mass is 503 g/mol. The Labute approximate surface area is 213 Å². The Morgan fingerprint density at radius 3 is 2.64 bits per heavy atom. The highest BCUT2D eigenvalue weighted by Gasteiger charge is 2.39. The quantitative estimate of drug-likeness (QED) is 0.467. The third kappa shape index (κ3) is 5.46. The van der Waals surface area contributed by atoms with Crippen LogP contribution in [0.2, 0.25) is 0 Å². The van der Waals surface area contributed by atoms with E-state index in [1.165, 1.54) is 11.8 Å². The van der Waals surface area contributed by atoms with Crippen molar-refractivity contribution in [2.75, 3.05) is 18.7 Å². The molecule has 1 atom stereocenters. The molecular weight excluding hydrogens is 478 g/mol. The maximum atomic E-state index is 13.4. The summed E-state index contributed by atoms with van der Waals surface area (Å²) in [5.74, 6) is 1.67. The van der Waals surface area contributed by atoms with E-state index in [9.17, 15) is 9.59 Å². The molecule has 1 saturated heterocycles. The largest absolute Gasteiger partial charge is 0.494 e. The first-order valence-electron chi connectivity index (χ1n) is 11.6. The first-order chi connectivity index (χ1) is 17.6. The number of ether oxygens (including phenoxy) is 3. The lowest BCUT2D eigenvalue weighted by atomic mass is 10.1. The average Bonchev–Trinajstić information content (AvgIpc) is 3.46. The molecule has 0 saturated carbocycles. The van der Waals surface area contributed by atoms with Gasteiger partial charge in [-0.2, -0.15) is 0 Å². The van der Waals surface area contributed by atoms with Crippen LogP contribution in [0.25, 0.3) is 0 Å². The molecule has 184 valence electrons. The van der Waals surface area contributed by atoms with Crippen molar-refractivity contribution in [2.24, 2.45) is 4.99 Å². The van der Waals surface area contributed by atoms with E-state index in [-0.39, 0.29) is 25.0 Å². The minimum absolute atomic E-state index is 0.0299. The fourth-order valence-electron chi connectivity index (χ4n) is 3.89. The Kier molecular flexibility index (Phi) is 7.08. The van der Waals surface area contributed by atoms with Crippen molar-refractivity contribution in [1.82, 2.24) is 4.90 Å². The third-order valence-electron chi connectivity index (χ3n) is 5.60. The Hall–Kier alpha value is -3.98. The summed E-state index contributed by atoms with van der Waals surface area (Å²) in [4.78, 5) is 32.5. The van der Waals surface area contributed by atoms with E-state index in [4.69, 9.17) is 19.2 Å². The third-order valence-corrected chi connectivity index (χ3v) is 6.77. The Balaban J connectivity index is 1.32. The number of amidine groups is 1. The second kappa shape index (κ2) is 10.7. The maximum absolute atomic E-state index is 13.4. The summed E-state index contributed by atoms with van der Waals surface area (Å²) in [6.45, 7) is 2.98. The SMILES string of the molecule is CCOc1ccc(NC(=O)C[C@H]2SC(=Nc3ccccc3)N(Cc3ccc4c(c3)OCO4)C2=O)cc1. The topological polar surface area (TPSA) is 89.5 Å². The number of anilines is 1. The van der Waals surface area contributed by atoms with E-state index < -0.39 is 5.25 Å². The molecule has 8 nitrogen and oxygen atoms in total. The van der Waals surface area contributed by atoms with E-state index in [1.807, 2.05) is 55.5 Å². The van der Waals surface area contributed by atoms with Crippen LogP contribution in [0, 0.1) is 0 Å². The number of nitrogens with zero attached hydrogens (tertiary/aromatic N) is 2. The molecular formula is C27H25N3O5S. The molecule has 5 rings (SSSR count). The summed E-state index contributed by atoms with van der Waals surface area (Å²) in [7, 11) is 0. The molecule has 2 heterocycles. The van der Waals surface area contributed by atoms with Crippen molar-refractivity contribution in [1.29, 1.82) is 0 Å². The van der Waals surface area contributed by atoms with Gasteiger partial charge in [-0.1, -0.05) is 36.0 Å². The van der Waals surface area contributed by atoms with Crippen LogP contribution in [0.3, 0.4) is 0 Å². The number of rotatable bonds is 8. The van der Waals surface area contributed by atoms with Gasteiger partial charge < -0.3 is 19.5 Å². The van der Waals surface area contributed by atoms with Gasteiger partial charge >= 0.3 is 0 Å². The average molecular weight is 504 g/mol. The summed E-state index contributed by atoms with van der Waals surface area (Å²) < 4.78 is 16.3. The van der Waals surface area contributed by atoms with Gasteiger partial charge in [-0.3, -0.25) is 14.5 Å². The van der Waals surface area contributed by atoms with Crippen molar-refractivity contribution in [3.05, 3.63) is 78.4 Å². The summed E-state index contributed by atoms with van der Waals surface area (Å²) in [6.07, 6.45) is 0.0299. The molecule has 9 heteroatoms. The lowest BCUT2D eigenvalue weighted by Gasteiger charge is -2.17. The van der Waals surface area contributed by atoms with E-state index >= 15 is 0 Å². The summed E-state index contributed by atoms with van der Waals surface area (Å²) in [6, 6.07) is 22.2. The van der Waals surface area contributed by atoms with Crippen molar-refractivity contribution < 1.29 is 23.8 Å². The number of hydrogen-bond donors (Lipinski definition) is 1. The number of fused-ring (bicyclic) bond motifs is 1. The molecule has 0 spiro atoms. The molecule has 0 bridgehead atoms. The van der Waals surface area contributed by atoms with Crippen LogP contribution >= 0.6 is 11.8 Å². The van der Waals surface area contributed by atoms with Gasteiger partial charge in [0.15, 0.2) is 16.7 Å². The predicted molar refractivity (Wildman–Crippen MR) is 139 cm³/mol. The van der Waals surface area contributed by atoms with Crippen molar-refractivity contribution in [3.8, 4) is 17.2 Å². The van der Waals surface area contributed by atoms with Crippen molar-refractivity contribution in [2.45, 2.75) is 25.1 Å². The van der Waals surface area contributed by atoms with Gasteiger partial charge in [0.25, 0.3) is 0 Å². The second-order valence-corrected chi connectivity index (χ2v) is 9.33. The smallest absolute Gasteiger partial charge is 0.242 e. The fourth-order valence-corrected chi connectivity index (χ4v) is 5.04. The molecule has 1 fully saturated rings. The van der Waals surface area contributed by atoms with E-state index in [0.717, 1.165) is 17.0 Å². The molecule has 0 aliphatic carbocycles. The minimum Gasteiger partial charge on any atom is -0.494 e. The van der Waals surface area contributed by atoms with Gasteiger partial charge in [0.1, 0.15) is 11.0 Å². The first kappa shape index (κ1) is 23.7. The summed E-state index contributed by atoms with van der Waals surface area (Å²) in [5, 5.41) is 2.85. The number of benzene rings is 3. The minimum atomic E-state index is -0.579. The van der Waals surface area contributed by atoms with Gasteiger partial charge in [-0.25, -0.2) is 4.99 Å². The van der Waals surface area contributed by atoms with Crippen LogP contribution in [0.5, 0.6) is 17.2 Å². The van der Waals surface area contributed by atoms with Gasteiger partial charge in [-0.15, -0.1) is 0 Å². The van der Waals surface area contributed by atoms with Crippen LogP contribution in [0.4, 0.5) is 11.4 Å². The van der Waals surface area contributed by atoms with E-state index in [0.29, 0.717) is 35.5 Å². The van der Waals surface area contributed by atoms with Crippen molar-refractivity contribution >= 4 is 40.1 Å². The molecule has 3 aromatic rings. The zero-order valence-corrected chi connectivity index (χ0v) is 20.5. The number of aliphatic imine (C=N–C) groups is 1. The van der Waals surface area contributed by atoms with Gasteiger partial charge in [-0.05, 0) is 61.0 Å². The first-order valence-corrected chi connectivity index (χ1v) is 12.5. The van der Waals surface area contributed by atoms with E-state index in [1.54, 1.807) is 29.2 Å². The summed E-state index contributed by atoms with van der Waals surface area (Å²) in [5.41, 5.74) is 2.27. The number of carbonyl (C=O) groups is 2. The predicted octanol–water partition coefficient (Wildman–Crippen LogP) is 4.97. The van der Waals surface area contributed by atoms with Crippen LogP contribution in [0.1, 0.15) is 18.9 Å². The molecule has 2 amide bonds. The standard InChI is InChI=1S/C27H25N3O5S/c1-2-33-21-11-9-20(10-12-21)28-25(31)15-24-26(32)30(27(36-24)29-19-6-4-3-5-7-19)16-18-8-13-22-23(14-18)35-17-34-22/h3-14,24H,2,15-17H2,1H3,(H,28,31)/t24-/m1/s1. The maximum Gasteiger partial charge on any atom is 0.242 e. The summed E-state index contributed by atoms with van der Waals surface area (Å²) >= 11 is 1.30. The zero-order valence-electron chi connectivity index (χ0n) is 19.7. The second-order valence-electron chi connectivity index (χ2n) is 8.16. The number of para-hydroxylation sites is 1. The molecule has 2 aliphatic heterocycles. The molecule has 0 unspecified atom stereocenters. The number of thioether (sulfide) groups is 1. The van der Waals surface area contributed by atoms with Gasteiger partial charge in [0.2, 0.25) is 18.6 Å². The Morgan fingerprint density at radius 1 is 1.08 bits per heavy atom. The number of nitrogens with one attached hydrogen (secondary N) is 1.